The first kappa shape index (κ1) is 20.1. The van der Waals surface area contributed by atoms with Crippen molar-refractivity contribution >= 4 is 22.0 Å². The quantitative estimate of drug-likeness (QED) is 0.613. The third-order valence-electron chi connectivity index (χ3n) is 3.79. The maximum absolute atomic E-state index is 12.8. The second-order valence-corrected chi connectivity index (χ2v) is 7.34. The van der Waals surface area contributed by atoms with E-state index in [1.165, 1.54) is 26.4 Å². The molecule has 0 bridgehead atoms. The lowest BCUT2D eigenvalue weighted by Crippen LogP contribution is -2.35. The number of methoxy groups -OCH3 is 2. The minimum atomic E-state index is -4.22. The number of imidazole rings is 1. The third-order valence-corrected chi connectivity index (χ3v) is 5.18. The van der Waals surface area contributed by atoms with Crippen molar-refractivity contribution in [2.45, 2.75) is 4.90 Å². The van der Waals surface area contributed by atoms with E-state index in [9.17, 15) is 13.2 Å². The van der Waals surface area contributed by atoms with Gasteiger partial charge in [0.05, 0.1) is 25.2 Å². The number of nitrogens with one attached hydrogen (secondary N) is 2. The van der Waals surface area contributed by atoms with Crippen molar-refractivity contribution < 1.29 is 22.7 Å². The van der Waals surface area contributed by atoms with Crippen LogP contribution in [0.5, 0.6) is 11.8 Å². The zero-order chi connectivity index (χ0) is 21.0. The van der Waals surface area contributed by atoms with Gasteiger partial charge in [-0.2, -0.15) is 9.97 Å². The summed E-state index contributed by atoms with van der Waals surface area (Å²) in [7, 11) is 0.277. The summed E-state index contributed by atoms with van der Waals surface area (Å²) in [4.78, 5) is 24.2. The standard InChI is InChI=1S/C17H18N6O5S/c1-23-9-8-18-15(23)11-6-4-5-7-12(11)29(25,26)22-17(24)21-16-19-13(27-2)10-14(20-16)28-3/h4-10H,1-3H3,(H2,19,20,21,22,24). The number of urea groups is 1. The van der Waals surface area contributed by atoms with E-state index in [2.05, 4.69) is 20.3 Å². The van der Waals surface area contributed by atoms with Gasteiger partial charge in [-0.05, 0) is 12.1 Å². The van der Waals surface area contributed by atoms with Gasteiger partial charge >= 0.3 is 6.03 Å². The van der Waals surface area contributed by atoms with Gasteiger partial charge in [0.2, 0.25) is 17.7 Å². The molecule has 152 valence electrons. The first-order valence-electron chi connectivity index (χ1n) is 8.21. The lowest BCUT2D eigenvalue weighted by Gasteiger charge is -2.12. The molecule has 0 aliphatic heterocycles. The number of ether oxygens (including phenoxy) is 2. The van der Waals surface area contributed by atoms with Crippen molar-refractivity contribution in [2.75, 3.05) is 19.5 Å². The van der Waals surface area contributed by atoms with E-state index in [0.29, 0.717) is 11.4 Å². The number of aromatic nitrogens is 4. The van der Waals surface area contributed by atoms with Crippen molar-refractivity contribution in [3.05, 3.63) is 42.7 Å². The molecule has 0 aliphatic rings. The number of amides is 2. The maximum atomic E-state index is 12.8. The van der Waals surface area contributed by atoms with Crippen LogP contribution in [0.3, 0.4) is 0 Å². The van der Waals surface area contributed by atoms with Crippen molar-refractivity contribution in [1.82, 2.24) is 24.2 Å². The fourth-order valence-corrected chi connectivity index (χ4v) is 3.60. The Morgan fingerprint density at radius 1 is 1.10 bits per heavy atom. The molecule has 0 radical (unpaired) electrons. The number of nitrogens with zero attached hydrogens (tertiary/aromatic N) is 4. The Labute approximate surface area is 166 Å². The van der Waals surface area contributed by atoms with Crippen molar-refractivity contribution in [3.63, 3.8) is 0 Å². The summed E-state index contributed by atoms with van der Waals surface area (Å²) < 4.78 is 39.2. The van der Waals surface area contributed by atoms with Gasteiger partial charge in [0, 0.05) is 25.0 Å². The number of rotatable bonds is 6. The van der Waals surface area contributed by atoms with Gasteiger partial charge in [-0.25, -0.2) is 22.9 Å². The van der Waals surface area contributed by atoms with Crippen LogP contribution in [0.15, 0.2) is 47.6 Å². The Kier molecular flexibility index (Phi) is 5.64. The van der Waals surface area contributed by atoms with Gasteiger partial charge in [0.1, 0.15) is 5.82 Å². The average Bonchev–Trinajstić information content (AvgIpc) is 3.12. The zero-order valence-electron chi connectivity index (χ0n) is 15.8. The van der Waals surface area contributed by atoms with E-state index in [0.717, 1.165) is 0 Å². The first-order chi connectivity index (χ1) is 13.8. The average molecular weight is 418 g/mol. The molecule has 3 rings (SSSR count). The summed E-state index contributed by atoms with van der Waals surface area (Å²) in [6.07, 6.45) is 3.23. The van der Waals surface area contributed by atoms with Crippen LogP contribution < -0.4 is 19.5 Å². The van der Waals surface area contributed by atoms with E-state index in [1.54, 1.807) is 42.2 Å². The van der Waals surface area contributed by atoms with Crippen LogP contribution in [0, 0.1) is 0 Å². The topological polar surface area (TPSA) is 137 Å². The van der Waals surface area contributed by atoms with Gasteiger partial charge < -0.3 is 14.0 Å². The molecule has 0 saturated heterocycles. The van der Waals surface area contributed by atoms with E-state index < -0.39 is 16.1 Å². The van der Waals surface area contributed by atoms with E-state index in [-0.39, 0.29) is 22.6 Å². The molecule has 29 heavy (non-hydrogen) atoms. The molecule has 2 aromatic heterocycles. The second-order valence-electron chi connectivity index (χ2n) is 5.69. The van der Waals surface area contributed by atoms with Crippen LogP contribution in [0.2, 0.25) is 0 Å². The molecule has 0 aliphatic carbocycles. The summed E-state index contributed by atoms with van der Waals surface area (Å²) in [5.41, 5.74) is 0.347. The Bertz CT molecular complexity index is 1120. The molecule has 1 aromatic carbocycles. The lowest BCUT2D eigenvalue weighted by atomic mass is 10.2. The number of aryl methyl sites for hydroxylation is 1. The van der Waals surface area contributed by atoms with Gasteiger partial charge in [-0.1, -0.05) is 12.1 Å². The minimum Gasteiger partial charge on any atom is -0.481 e. The highest BCUT2D eigenvalue weighted by atomic mass is 32.2. The summed E-state index contributed by atoms with van der Waals surface area (Å²) in [5, 5.41) is 2.25. The molecule has 0 atom stereocenters. The van der Waals surface area contributed by atoms with Crippen molar-refractivity contribution in [1.29, 1.82) is 0 Å². The van der Waals surface area contributed by atoms with Gasteiger partial charge in [0.25, 0.3) is 10.0 Å². The number of carbonyl (C=O) groups is 1. The molecule has 2 N–H and O–H groups in total. The predicted octanol–water partition coefficient (Wildman–Crippen LogP) is 1.40. The Morgan fingerprint density at radius 2 is 1.76 bits per heavy atom. The molecule has 0 saturated carbocycles. The Balaban J connectivity index is 1.86. The number of carbonyl (C=O) groups excluding carboxylic acids is 1. The second kappa shape index (κ2) is 8.14. The van der Waals surface area contributed by atoms with Crippen LogP contribution in [0.4, 0.5) is 10.7 Å². The summed E-state index contributed by atoms with van der Waals surface area (Å²) >= 11 is 0. The van der Waals surface area contributed by atoms with Gasteiger partial charge in [-0.3, -0.25) is 5.32 Å². The summed E-state index contributed by atoms with van der Waals surface area (Å²) in [6.45, 7) is 0. The van der Waals surface area contributed by atoms with Crippen LogP contribution in [0.1, 0.15) is 0 Å². The molecule has 11 nitrogen and oxygen atoms in total. The zero-order valence-corrected chi connectivity index (χ0v) is 16.6. The summed E-state index contributed by atoms with van der Waals surface area (Å²) in [6, 6.07) is 6.57. The van der Waals surface area contributed by atoms with E-state index in [4.69, 9.17) is 9.47 Å². The molecule has 0 fully saturated rings. The minimum absolute atomic E-state index is 0.103. The highest BCUT2D eigenvalue weighted by Crippen LogP contribution is 2.25. The highest BCUT2D eigenvalue weighted by Gasteiger charge is 2.23. The monoisotopic (exact) mass is 418 g/mol. The Morgan fingerprint density at radius 3 is 2.34 bits per heavy atom. The van der Waals surface area contributed by atoms with Crippen LogP contribution in [-0.2, 0) is 17.1 Å². The highest BCUT2D eigenvalue weighted by molar-refractivity contribution is 7.90. The molecule has 12 heteroatoms. The van der Waals surface area contributed by atoms with Gasteiger partial charge in [-0.15, -0.1) is 0 Å². The number of sulfonamides is 1. The lowest BCUT2D eigenvalue weighted by molar-refractivity contribution is 0.256. The fraction of sp³-hybridized carbons (Fsp3) is 0.176. The fourth-order valence-electron chi connectivity index (χ4n) is 2.48. The normalized spacial score (nSPS) is 11.0. The molecular weight excluding hydrogens is 400 g/mol. The third kappa shape index (κ3) is 4.43. The summed E-state index contributed by atoms with van der Waals surface area (Å²) in [5.74, 6) is 0.517. The van der Waals surface area contributed by atoms with Crippen LogP contribution in [-0.4, -0.2) is 48.2 Å². The molecule has 0 unspecified atom stereocenters. The largest absolute Gasteiger partial charge is 0.481 e. The number of anilines is 1. The molecular formula is C17H18N6O5S. The van der Waals surface area contributed by atoms with Crippen LogP contribution >= 0.6 is 0 Å². The Hall–Kier alpha value is -3.67. The molecule has 2 amide bonds. The smallest absolute Gasteiger partial charge is 0.335 e. The molecule has 3 aromatic rings. The van der Waals surface area contributed by atoms with E-state index >= 15 is 0 Å². The van der Waals surface area contributed by atoms with Gasteiger partial charge in [0.15, 0.2) is 0 Å². The predicted molar refractivity (Wildman–Crippen MR) is 103 cm³/mol. The van der Waals surface area contributed by atoms with Crippen molar-refractivity contribution in [3.8, 4) is 23.1 Å². The van der Waals surface area contributed by atoms with Crippen molar-refractivity contribution in [2.24, 2.45) is 7.05 Å². The number of hydrogen-bond donors (Lipinski definition) is 2. The molecule has 2 heterocycles. The molecule has 0 spiro atoms. The first-order valence-corrected chi connectivity index (χ1v) is 9.70. The van der Waals surface area contributed by atoms with E-state index in [1.807, 2.05) is 4.72 Å². The SMILES string of the molecule is COc1cc(OC)nc(NC(=O)NS(=O)(=O)c2ccccc2-c2nccn2C)n1. The maximum Gasteiger partial charge on any atom is 0.335 e. The number of benzene rings is 1. The number of hydrogen-bond acceptors (Lipinski definition) is 8. The van der Waals surface area contributed by atoms with Crippen LogP contribution in [0.25, 0.3) is 11.4 Å².